The molecule has 258 valence electrons. The van der Waals surface area contributed by atoms with Crippen LogP contribution >= 0.6 is 0 Å². The molecule has 5 aromatic rings. The SMILES string of the molecule is COc1ccc2cc1Oc1ccc(cc1)CC1c3c(cc(OC)c4c3Oc3cc5c(cc3O4)CCN(C(=O)Nc3ccncc3)C5C2)CCN1C. The van der Waals surface area contributed by atoms with Crippen LogP contribution in [0, 0.1) is 0 Å². The molecule has 7 bridgehead atoms. The topological polar surface area (TPSA) is 94.6 Å². The minimum Gasteiger partial charge on any atom is -0.493 e. The predicted molar refractivity (Wildman–Crippen MR) is 192 cm³/mol. The summed E-state index contributed by atoms with van der Waals surface area (Å²) in [6, 6.07) is 23.6. The Morgan fingerprint density at radius 3 is 2.27 bits per heavy atom. The lowest BCUT2D eigenvalue weighted by atomic mass is 9.86. The van der Waals surface area contributed by atoms with Gasteiger partial charge in [-0.3, -0.25) is 9.88 Å². The first kappa shape index (κ1) is 31.3. The number of carbonyl (C=O) groups is 1. The number of pyridine rings is 1. The molecule has 6 heterocycles. The number of hydrogen-bond acceptors (Lipinski definition) is 8. The largest absolute Gasteiger partial charge is 0.493 e. The minimum absolute atomic E-state index is 0.0405. The van der Waals surface area contributed by atoms with E-state index < -0.39 is 0 Å². The number of carbonyl (C=O) groups excluding carboxylic acids is 1. The first-order valence-electron chi connectivity index (χ1n) is 17.3. The quantitative estimate of drug-likeness (QED) is 0.200. The lowest BCUT2D eigenvalue weighted by Crippen LogP contribution is -2.43. The maximum Gasteiger partial charge on any atom is 0.322 e. The van der Waals surface area contributed by atoms with Crippen LogP contribution in [-0.2, 0) is 25.7 Å². The molecule has 0 spiro atoms. The molecular formula is C41H38N4O6. The van der Waals surface area contributed by atoms with Gasteiger partial charge >= 0.3 is 6.03 Å². The van der Waals surface area contributed by atoms with E-state index >= 15 is 0 Å². The second-order valence-electron chi connectivity index (χ2n) is 13.5. The smallest absolute Gasteiger partial charge is 0.322 e. The van der Waals surface area contributed by atoms with Crippen LogP contribution in [0.3, 0.4) is 0 Å². The average Bonchev–Trinajstić information content (AvgIpc) is 3.15. The Balaban J connectivity index is 1.21. The van der Waals surface area contributed by atoms with Crippen LogP contribution in [0.4, 0.5) is 10.5 Å². The number of nitrogens with zero attached hydrogens (tertiary/aromatic N) is 3. The summed E-state index contributed by atoms with van der Waals surface area (Å²) < 4.78 is 31.8. The number of aromatic nitrogens is 1. The van der Waals surface area contributed by atoms with Crippen LogP contribution in [0.15, 0.2) is 85.2 Å². The molecule has 1 N–H and O–H groups in total. The number of likely N-dealkylation sites (N-methyl/N-ethyl adjacent to an activating group) is 1. The van der Waals surface area contributed by atoms with E-state index in [2.05, 4.69) is 52.6 Å². The lowest BCUT2D eigenvalue weighted by molar-refractivity contribution is 0.181. The highest BCUT2D eigenvalue weighted by atomic mass is 16.6. The normalized spacial score (nSPS) is 18.5. The molecule has 10 rings (SSSR count). The van der Waals surface area contributed by atoms with Crippen molar-refractivity contribution in [2.75, 3.05) is 39.7 Å². The first-order valence-corrected chi connectivity index (χ1v) is 17.3. The third-order valence-electron chi connectivity index (χ3n) is 10.6. The maximum atomic E-state index is 14.0. The zero-order valence-electron chi connectivity index (χ0n) is 28.8. The number of fused-ring (bicyclic) bond motifs is 2. The van der Waals surface area contributed by atoms with E-state index in [0.717, 1.165) is 41.6 Å². The van der Waals surface area contributed by atoms with Crippen molar-refractivity contribution in [1.29, 1.82) is 0 Å². The molecule has 10 heteroatoms. The average molecular weight is 683 g/mol. The van der Waals surface area contributed by atoms with Crippen LogP contribution in [0.5, 0.6) is 46.0 Å². The summed E-state index contributed by atoms with van der Waals surface area (Å²) in [7, 11) is 5.48. The Morgan fingerprint density at radius 1 is 0.745 bits per heavy atom. The van der Waals surface area contributed by atoms with Crippen molar-refractivity contribution in [3.8, 4) is 46.0 Å². The van der Waals surface area contributed by atoms with Crippen LogP contribution in [0.2, 0.25) is 0 Å². The molecule has 2 amide bonds. The molecule has 0 fully saturated rings. The van der Waals surface area contributed by atoms with Crippen LogP contribution in [0.25, 0.3) is 0 Å². The molecule has 2 atom stereocenters. The van der Waals surface area contributed by atoms with Gasteiger partial charge in [-0.05, 0) is 115 Å². The van der Waals surface area contributed by atoms with Gasteiger partial charge < -0.3 is 33.9 Å². The van der Waals surface area contributed by atoms with Gasteiger partial charge in [0.2, 0.25) is 5.75 Å². The third kappa shape index (κ3) is 5.56. The summed E-state index contributed by atoms with van der Waals surface area (Å²) in [6.07, 6.45) is 6.15. The zero-order valence-corrected chi connectivity index (χ0v) is 28.8. The van der Waals surface area contributed by atoms with Crippen LogP contribution < -0.4 is 29.0 Å². The number of anilines is 1. The molecule has 10 nitrogen and oxygen atoms in total. The monoisotopic (exact) mass is 682 g/mol. The Bertz CT molecular complexity index is 2160. The lowest BCUT2D eigenvalue weighted by Gasteiger charge is -2.39. The summed E-state index contributed by atoms with van der Waals surface area (Å²) in [5, 5.41) is 3.08. The van der Waals surface area contributed by atoms with Gasteiger partial charge in [0.1, 0.15) is 5.75 Å². The molecule has 51 heavy (non-hydrogen) atoms. The van der Waals surface area contributed by atoms with Gasteiger partial charge in [-0.2, -0.15) is 0 Å². The number of ether oxygens (including phenoxy) is 5. The highest BCUT2D eigenvalue weighted by Gasteiger charge is 2.38. The first-order chi connectivity index (χ1) is 24.9. The number of methoxy groups -OCH3 is 2. The van der Waals surface area contributed by atoms with Gasteiger partial charge in [0.15, 0.2) is 34.5 Å². The van der Waals surface area contributed by atoms with E-state index in [1.54, 1.807) is 38.7 Å². The molecular weight excluding hydrogens is 644 g/mol. The third-order valence-corrected chi connectivity index (χ3v) is 10.6. The Kier molecular flexibility index (Phi) is 7.69. The van der Waals surface area contributed by atoms with Crippen molar-refractivity contribution in [2.24, 2.45) is 0 Å². The number of hydrogen-bond donors (Lipinski definition) is 1. The fourth-order valence-corrected chi connectivity index (χ4v) is 7.91. The van der Waals surface area contributed by atoms with Crippen molar-refractivity contribution in [1.82, 2.24) is 14.8 Å². The number of rotatable bonds is 3. The standard InChI is InChI=1S/C41H38N4O6/c1-44-16-12-27-22-37(48-3)39-40-38(27)32(44)18-24-4-7-29(8-5-24)49-34-20-25(6-9-33(34)47-2)19-31-30-23-36(51-40)35(50-39)21-26(30)13-17-45(31)41(46)43-28-10-14-42-15-11-28/h4-11,14-15,20-23,31-32H,12-13,16-19H2,1-3H3,(H,42,43,46). The summed E-state index contributed by atoms with van der Waals surface area (Å²) in [5.74, 6) is 5.16. The molecule has 0 saturated carbocycles. The summed E-state index contributed by atoms with van der Waals surface area (Å²) in [4.78, 5) is 22.4. The molecule has 1 aromatic heterocycles. The molecule has 0 aliphatic carbocycles. The van der Waals surface area contributed by atoms with E-state index in [0.29, 0.717) is 71.1 Å². The Labute approximate surface area is 296 Å². The van der Waals surface area contributed by atoms with Gasteiger partial charge in [-0.25, -0.2) is 4.79 Å². The van der Waals surface area contributed by atoms with Crippen molar-refractivity contribution < 1.29 is 28.5 Å². The van der Waals surface area contributed by atoms with Gasteiger partial charge in [-0.1, -0.05) is 18.2 Å². The van der Waals surface area contributed by atoms with Crippen LogP contribution in [-0.4, -0.2) is 55.2 Å². The Hall–Kier alpha value is -5.74. The van der Waals surface area contributed by atoms with E-state index in [4.69, 9.17) is 23.7 Å². The summed E-state index contributed by atoms with van der Waals surface area (Å²) in [6.45, 7) is 1.42. The van der Waals surface area contributed by atoms with E-state index in [9.17, 15) is 4.79 Å². The van der Waals surface area contributed by atoms with Gasteiger partial charge in [0, 0.05) is 42.8 Å². The van der Waals surface area contributed by atoms with Gasteiger partial charge in [0.25, 0.3) is 0 Å². The highest BCUT2D eigenvalue weighted by molar-refractivity contribution is 5.90. The summed E-state index contributed by atoms with van der Waals surface area (Å²) in [5.41, 5.74) is 7.27. The Morgan fingerprint density at radius 2 is 1.47 bits per heavy atom. The number of amides is 2. The van der Waals surface area contributed by atoms with E-state index in [1.165, 1.54) is 11.1 Å². The van der Waals surface area contributed by atoms with E-state index in [-0.39, 0.29) is 18.1 Å². The zero-order chi connectivity index (χ0) is 34.6. The predicted octanol–water partition coefficient (Wildman–Crippen LogP) is 8.25. The van der Waals surface area contributed by atoms with Crippen molar-refractivity contribution in [3.05, 3.63) is 119 Å². The fourth-order valence-electron chi connectivity index (χ4n) is 7.91. The summed E-state index contributed by atoms with van der Waals surface area (Å²) >= 11 is 0. The fraction of sp³-hybridized carbons (Fsp3) is 0.268. The van der Waals surface area contributed by atoms with E-state index in [1.807, 2.05) is 35.2 Å². The highest BCUT2D eigenvalue weighted by Crippen LogP contribution is 2.56. The second-order valence-corrected chi connectivity index (χ2v) is 13.5. The van der Waals surface area contributed by atoms with Gasteiger partial charge in [-0.15, -0.1) is 0 Å². The minimum atomic E-state index is -0.316. The number of nitrogens with one attached hydrogen (secondary N) is 1. The number of urea groups is 1. The molecule has 5 aliphatic rings. The molecule has 4 aromatic carbocycles. The van der Waals surface area contributed by atoms with Crippen LogP contribution in [0.1, 0.15) is 45.5 Å². The molecule has 5 aliphatic heterocycles. The van der Waals surface area contributed by atoms with Gasteiger partial charge in [0.05, 0.1) is 20.3 Å². The number of benzene rings is 4. The van der Waals surface area contributed by atoms with Crippen molar-refractivity contribution >= 4 is 11.7 Å². The molecule has 2 unspecified atom stereocenters. The molecule has 0 radical (unpaired) electrons. The van der Waals surface area contributed by atoms with Crippen molar-refractivity contribution in [2.45, 2.75) is 37.8 Å². The second kappa shape index (κ2) is 12.5. The molecule has 0 saturated heterocycles. The van der Waals surface area contributed by atoms with Crippen molar-refractivity contribution in [3.63, 3.8) is 0 Å². The maximum absolute atomic E-state index is 14.0.